The van der Waals surface area contributed by atoms with E-state index in [1.54, 1.807) is 19.2 Å². The minimum Gasteiger partial charge on any atom is -0.497 e. The smallest absolute Gasteiger partial charge is 0.216 e. The Hall–Kier alpha value is -2.80. The lowest BCUT2D eigenvalue weighted by Crippen LogP contribution is -1.95. The summed E-state index contributed by atoms with van der Waals surface area (Å²) in [6, 6.07) is 13.5. The number of nitrogens with one attached hydrogen (secondary N) is 1. The van der Waals surface area contributed by atoms with Gasteiger partial charge >= 0.3 is 0 Å². The van der Waals surface area contributed by atoms with Gasteiger partial charge in [0.05, 0.1) is 13.3 Å². The van der Waals surface area contributed by atoms with E-state index in [0.717, 1.165) is 11.3 Å². The summed E-state index contributed by atoms with van der Waals surface area (Å²) in [5, 5.41) is 11.2. The fraction of sp³-hybridized carbons (Fsp3) is 0.0625. The number of hydrogen-bond acceptors (Lipinski definition) is 4. The molecule has 0 bridgehead atoms. The maximum absolute atomic E-state index is 13.2. The molecule has 1 aromatic heterocycles. The van der Waals surface area contributed by atoms with Crippen molar-refractivity contribution in [1.82, 2.24) is 14.9 Å². The number of rotatable bonds is 4. The molecule has 23 heavy (non-hydrogen) atoms. The molecule has 3 rings (SSSR count). The van der Waals surface area contributed by atoms with Crippen LogP contribution >= 0.6 is 12.2 Å². The van der Waals surface area contributed by atoms with E-state index < -0.39 is 0 Å². The molecule has 0 spiro atoms. The molecule has 0 aliphatic rings. The van der Waals surface area contributed by atoms with Gasteiger partial charge in [0.15, 0.2) is 5.82 Å². The highest BCUT2D eigenvalue weighted by molar-refractivity contribution is 7.71. The van der Waals surface area contributed by atoms with Crippen molar-refractivity contribution in [3.8, 4) is 17.1 Å². The molecule has 116 valence electrons. The molecule has 0 aliphatic heterocycles. The van der Waals surface area contributed by atoms with Crippen LogP contribution in [0.4, 0.5) is 4.39 Å². The van der Waals surface area contributed by atoms with E-state index in [1.807, 2.05) is 24.3 Å². The van der Waals surface area contributed by atoms with Crippen LogP contribution in [0.1, 0.15) is 5.56 Å². The largest absolute Gasteiger partial charge is 0.497 e. The summed E-state index contributed by atoms with van der Waals surface area (Å²) in [7, 11) is 1.61. The van der Waals surface area contributed by atoms with Crippen molar-refractivity contribution in [2.45, 2.75) is 0 Å². The lowest BCUT2D eigenvalue weighted by atomic mass is 10.2. The van der Waals surface area contributed by atoms with Crippen molar-refractivity contribution in [3.63, 3.8) is 0 Å². The standard InChI is InChI=1S/C16H13FN4OS/c1-22-14-7-5-12(6-8-14)15-19-20-16(23)21(15)18-10-11-3-2-4-13(17)9-11/h2-10H,1H3,(H,20,23). The quantitative estimate of drug-likeness (QED) is 0.588. The van der Waals surface area contributed by atoms with E-state index in [-0.39, 0.29) is 5.82 Å². The van der Waals surface area contributed by atoms with Crippen LogP contribution in [-0.4, -0.2) is 28.2 Å². The lowest BCUT2D eigenvalue weighted by molar-refractivity contribution is 0.415. The SMILES string of the molecule is COc1ccc(-c2n[nH]c(=S)n2N=Cc2cccc(F)c2)cc1. The first-order valence-corrected chi connectivity index (χ1v) is 7.20. The molecule has 0 amide bonds. The topological polar surface area (TPSA) is 55.2 Å². The summed E-state index contributed by atoms with van der Waals surface area (Å²) in [5.41, 5.74) is 1.46. The molecule has 2 aromatic carbocycles. The molecule has 0 unspecified atom stereocenters. The number of aromatic nitrogens is 3. The van der Waals surface area contributed by atoms with Crippen LogP contribution < -0.4 is 4.74 Å². The number of benzene rings is 2. The van der Waals surface area contributed by atoms with Gasteiger partial charge in [-0.25, -0.2) is 9.49 Å². The van der Waals surface area contributed by atoms with Gasteiger partial charge in [0.2, 0.25) is 4.77 Å². The molecule has 0 aliphatic carbocycles. The van der Waals surface area contributed by atoms with E-state index in [0.29, 0.717) is 16.2 Å². The van der Waals surface area contributed by atoms with E-state index in [1.165, 1.54) is 23.0 Å². The predicted octanol–water partition coefficient (Wildman–Crippen LogP) is 3.64. The molecule has 0 saturated carbocycles. The van der Waals surface area contributed by atoms with Crippen LogP contribution in [0.5, 0.6) is 5.75 Å². The Labute approximate surface area is 137 Å². The van der Waals surface area contributed by atoms with Gasteiger partial charge in [-0.05, 0) is 54.2 Å². The summed E-state index contributed by atoms with van der Waals surface area (Å²) >= 11 is 5.20. The third-order valence-corrected chi connectivity index (χ3v) is 3.43. The first-order chi connectivity index (χ1) is 11.2. The predicted molar refractivity (Wildman–Crippen MR) is 88.8 cm³/mol. The fourth-order valence-corrected chi connectivity index (χ4v) is 2.22. The highest BCUT2D eigenvalue weighted by Gasteiger charge is 2.08. The summed E-state index contributed by atoms with van der Waals surface area (Å²) < 4.78 is 20.2. The van der Waals surface area contributed by atoms with E-state index in [9.17, 15) is 4.39 Å². The molecule has 3 aromatic rings. The van der Waals surface area contributed by atoms with Crippen molar-refractivity contribution in [1.29, 1.82) is 0 Å². The van der Waals surface area contributed by atoms with Crippen LogP contribution in [0.25, 0.3) is 11.4 Å². The third kappa shape index (κ3) is 3.35. The number of aromatic amines is 1. The lowest BCUT2D eigenvalue weighted by Gasteiger charge is -2.03. The molecule has 0 saturated heterocycles. The highest BCUT2D eigenvalue weighted by atomic mass is 32.1. The number of ether oxygens (including phenoxy) is 1. The minimum atomic E-state index is -0.319. The highest BCUT2D eigenvalue weighted by Crippen LogP contribution is 2.20. The zero-order valence-electron chi connectivity index (χ0n) is 12.2. The summed E-state index contributed by atoms with van der Waals surface area (Å²) in [4.78, 5) is 0. The minimum absolute atomic E-state index is 0.319. The van der Waals surface area contributed by atoms with E-state index in [2.05, 4.69) is 15.3 Å². The van der Waals surface area contributed by atoms with Crippen molar-refractivity contribution in [2.75, 3.05) is 7.11 Å². The van der Waals surface area contributed by atoms with Gasteiger partial charge in [0.1, 0.15) is 11.6 Å². The average molecular weight is 328 g/mol. The first kappa shape index (κ1) is 15.1. The number of methoxy groups -OCH3 is 1. The van der Waals surface area contributed by atoms with Crippen LogP contribution in [0.3, 0.4) is 0 Å². The second-order valence-corrected chi connectivity index (χ2v) is 5.08. The zero-order chi connectivity index (χ0) is 16.2. The molecule has 5 nitrogen and oxygen atoms in total. The van der Waals surface area contributed by atoms with Crippen LogP contribution in [-0.2, 0) is 0 Å². The number of H-pyrrole nitrogens is 1. The van der Waals surface area contributed by atoms with Gasteiger partial charge in [-0.15, -0.1) is 0 Å². The Bertz CT molecular complexity index is 899. The molecular weight excluding hydrogens is 315 g/mol. The van der Waals surface area contributed by atoms with Crippen LogP contribution in [0, 0.1) is 10.6 Å². The van der Waals surface area contributed by atoms with Gasteiger partial charge in [0.25, 0.3) is 0 Å². The molecule has 0 fully saturated rings. The van der Waals surface area contributed by atoms with Gasteiger partial charge in [0, 0.05) is 5.56 Å². The Kier molecular flexibility index (Phi) is 4.29. The Morgan fingerprint density at radius 1 is 1.26 bits per heavy atom. The molecule has 0 radical (unpaired) electrons. The Balaban J connectivity index is 1.96. The second kappa shape index (κ2) is 6.53. The average Bonchev–Trinajstić information content (AvgIpc) is 2.94. The third-order valence-electron chi connectivity index (χ3n) is 3.17. The number of halogens is 1. The van der Waals surface area contributed by atoms with Crippen molar-refractivity contribution >= 4 is 18.4 Å². The molecule has 1 N–H and O–H groups in total. The fourth-order valence-electron chi connectivity index (χ4n) is 2.04. The van der Waals surface area contributed by atoms with Crippen molar-refractivity contribution in [2.24, 2.45) is 5.10 Å². The molecule has 7 heteroatoms. The molecule has 0 atom stereocenters. The zero-order valence-corrected chi connectivity index (χ0v) is 13.0. The maximum atomic E-state index is 13.2. The first-order valence-electron chi connectivity index (χ1n) is 6.79. The summed E-state index contributed by atoms with van der Waals surface area (Å²) in [6.45, 7) is 0. The molecular formula is C16H13FN4OS. The van der Waals surface area contributed by atoms with Crippen LogP contribution in [0.2, 0.25) is 0 Å². The number of hydrogen-bond donors (Lipinski definition) is 1. The van der Waals surface area contributed by atoms with Crippen molar-refractivity contribution < 1.29 is 9.13 Å². The second-order valence-electron chi connectivity index (χ2n) is 4.69. The van der Waals surface area contributed by atoms with Crippen LogP contribution in [0.15, 0.2) is 53.6 Å². The monoisotopic (exact) mass is 328 g/mol. The number of nitrogens with zero attached hydrogens (tertiary/aromatic N) is 3. The van der Waals surface area contributed by atoms with E-state index in [4.69, 9.17) is 17.0 Å². The van der Waals surface area contributed by atoms with Gasteiger partial charge in [-0.2, -0.15) is 14.9 Å². The van der Waals surface area contributed by atoms with Gasteiger partial charge < -0.3 is 4.74 Å². The van der Waals surface area contributed by atoms with Gasteiger partial charge in [-0.3, -0.25) is 0 Å². The normalized spacial score (nSPS) is 11.0. The Morgan fingerprint density at radius 3 is 2.74 bits per heavy atom. The molecule has 1 heterocycles. The summed E-state index contributed by atoms with van der Waals surface area (Å²) in [6.07, 6.45) is 1.53. The Morgan fingerprint density at radius 2 is 2.04 bits per heavy atom. The maximum Gasteiger partial charge on any atom is 0.216 e. The van der Waals surface area contributed by atoms with Gasteiger partial charge in [-0.1, -0.05) is 12.1 Å². The van der Waals surface area contributed by atoms with E-state index >= 15 is 0 Å². The van der Waals surface area contributed by atoms with Crippen molar-refractivity contribution in [3.05, 3.63) is 64.7 Å². The summed E-state index contributed by atoms with van der Waals surface area (Å²) in [5.74, 6) is 0.989.